The molecule has 1 aromatic heterocycles. The number of aromatic nitrogens is 2. The van der Waals surface area contributed by atoms with Gasteiger partial charge in [-0.15, -0.1) is 0 Å². The smallest absolute Gasteiger partial charge is 0.436 e. The zero-order valence-electron chi connectivity index (χ0n) is 15.7. The van der Waals surface area contributed by atoms with Crippen molar-refractivity contribution in [2.75, 3.05) is 5.32 Å². The lowest BCUT2D eigenvalue weighted by Gasteiger charge is -2.15. The highest BCUT2D eigenvalue weighted by atomic mass is 79.9. The highest BCUT2D eigenvalue weighted by Gasteiger charge is 2.42. The van der Waals surface area contributed by atoms with Crippen molar-refractivity contribution in [2.45, 2.75) is 58.2 Å². The number of halogens is 4. The Balaban J connectivity index is 1.86. The Morgan fingerprint density at radius 2 is 2.04 bits per heavy atom. The van der Waals surface area contributed by atoms with Crippen molar-refractivity contribution in [3.05, 3.63) is 39.1 Å². The summed E-state index contributed by atoms with van der Waals surface area (Å²) in [4.78, 5) is 12.5. The third-order valence-electron chi connectivity index (χ3n) is 4.73. The van der Waals surface area contributed by atoms with Crippen LogP contribution in [-0.2, 0) is 17.5 Å². The fraction of sp³-hybridized carbons (Fsp3) is 0.474. The van der Waals surface area contributed by atoms with Crippen LogP contribution in [0.3, 0.4) is 0 Å². The molecule has 0 spiro atoms. The van der Waals surface area contributed by atoms with Gasteiger partial charge in [0, 0.05) is 11.6 Å². The molecule has 1 aliphatic carbocycles. The summed E-state index contributed by atoms with van der Waals surface area (Å²) < 4.78 is 40.6. The molecule has 28 heavy (non-hydrogen) atoms. The third kappa shape index (κ3) is 4.19. The molecule has 2 aromatic rings. The van der Waals surface area contributed by atoms with Crippen molar-refractivity contribution in [1.82, 2.24) is 9.78 Å². The summed E-state index contributed by atoms with van der Waals surface area (Å²) in [6.45, 7) is 5.24. The summed E-state index contributed by atoms with van der Waals surface area (Å²) in [6.07, 6.45) is -3.04. The van der Waals surface area contributed by atoms with E-state index in [0.717, 1.165) is 17.5 Å². The number of carbonyl (C=O) groups excluding carboxylic acids is 1. The fourth-order valence-corrected chi connectivity index (χ4v) is 3.97. The first-order valence-electron chi connectivity index (χ1n) is 8.95. The van der Waals surface area contributed by atoms with E-state index in [9.17, 15) is 23.1 Å². The molecule has 1 heterocycles. The summed E-state index contributed by atoms with van der Waals surface area (Å²) >= 11 is 3.02. The molecule has 2 N–H and O–H groups in total. The average Bonchev–Trinajstić information content (AvgIpc) is 3.33. The van der Waals surface area contributed by atoms with Crippen LogP contribution in [0.25, 0.3) is 0 Å². The van der Waals surface area contributed by atoms with Crippen LogP contribution in [0.4, 0.5) is 18.9 Å². The maximum absolute atomic E-state index is 13.2. The Morgan fingerprint density at radius 1 is 1.39 bits per heavy atom. The number of phenols is 1. The fourth-order valence-electron chi connectivity index (χ4n) is 3.13. The number of alkyl halides is 3. The number of anilines is 1. The number of nitrogens with zero attached hydrogens (tertiary/aromatic N) is 2. The summed E-state index contributed by atoms with van der Waals surface area (Å²) in [7, 11) is 0. The van der Waals surface area contributed by atoms with E-state index in [0.29, 0.717) is 22.5 Å². The molecule has 5 nitrogen and oxygen atoms in total. The van der Waals surface area contributed by atoms with Gasteiger partial charge in [0.15, 0.2) is 5.69 Å². The quantitative estimate of drug-likeness (QED) is 0.594. The van der Waals surface area contributed by atoms with Gasteiger partial charge < -0.3 is 10.4 Å². The molecule has 0 aliphatic heterocycles. The highest BCUT2D eigenvalue weighted by Crippen LogP contribution is 2.47. The molecule has 1 amide bonds. The molecule has 0 saturated heterocycles. The van der Waals surface area contributed by atoms with Crippen LogP contribution >= 0.6 is 15.9 Å². The van der Waals surface area contributed by atoms with E-state index in [1.165, 1.54) is 0 Å². The second-order valence-electron chi connectivity index (χ2n) is 7.41. The molecule has 0 bridgehead atoms. The largest absolute Gasteiger partial charge is 0.508 e. The van der Waals surface area contributed by atoms with Gasteiger partial charge in [-0.05, 0) is 64.9 Å². The van der Waals surface area contributed by atoms with Crippen LogP contribution in [0.2, 0.25) is 0 Å². The Labute approximate surface area is 169 Å². The molecule has 1 aromatic carbocycles. The zero-order chi connectivity index (χ0) is 20.8. The Morgan fingerprint density at radius 3 is 2.57 bits per heavy atom. The monoisotopic (exact) mass is 459 g/mol. The number of hydrogen-bond acceptors (Lipinski definition) is 3. The minimum Gasteiger partial charge on any atom is -0.508 e. The lowest BCUT2D eigenvalue weighted by Crippen LogP contribution is -2.22. The summed E-state index contributed by atoms with van der Waals surface area (Å²) in [6, 6.07) is 3.25. The van der Waals surface area contributed by atoms with Crippen LogP contribution in [0, 0.1) is 6.92 Å². The normalized spacial score (nSPS) is 14.6. The number of carbonyl (C=O) groups is 1. The maximum atomic E-state index is 13.2. The number of nitrogens with one attached hydrogen (secondary N) is 1. The average molecular weight is 460 g/mol. The van der Waals surface area contributed by atoms with Gasteiger partial charge >= 0.3 is 6.18 Å². The zero-order valence-corrected chi connectivity index (χ0v) is 17.3. The number of aromatic hydroxyl groups is 1. The number of aryl methyl sites for hydroxylation is 1. The van der Waals surface area contributed by atoms with Gasteiger partial charge in [0.25, 0.3) is 0 Å². The molecule has 1 aliphatic rings. The molecule has 0 atom stereocenters. The first-order valence-corrected chi connectivity index (χ1v) is 9.75. The van der Waals surface area contributed by atoms with Crippen LogP contribution in [0.1, 0.15) is 61.0 Å². The minimum atomic E-state index is -4.59. The summed E-state index contributed by atoms with van der Waals surface area (Å²) in [5, 5.41) is 16.4. The van der Waals surface area contributed by atoms with Crippen molar-refractivity contribution in [2.24, 2.45) is 0 Å². The van der Waals surface area contributed by atoms with Crippen molar-refractivity contribution in [3.63, 3.8) is 0 Å². The van der Waals surface area contributed by atoms with Gasteiger partial charge in [-0.1, -0.05) is 13.8 Å². The van der Waals surface area contributed by atoms with Crippen LogP contribution < -0.4 is 5.32 Å². The van der Waals surface area contributed by atoms with Crippen LogP contribution in [0.5, 0.6) is 5.75 Å². The van der Waals surface area contributed by atoms with E-state index in [-0.39, 0.29) is 28.6 Å². The molecule has 1 fully saturated rings. The predicted molar refractivity (Wildman–Crippen MR) is 102 cm³/mol. The molecule has 3 rings (SSSR count). The number of phenolic OH excluding ortho intramolecular Hbond substituents is 1. The Bertz CT molecular complexity index is 918. The summed E-state index contributed by atoms with van der Waals surface area (Å²) in [5.41, 5.74) is 1.26. The van der Waals surface area contributed by atoms with E-state index in [2.05, 4.69) is 26.3 Å². The van der Waals surface area contributed by atoms with Crippen molar-refractivity contribution < 1.29 is 23.1 Å². The van der Waals surface area contributed by atoms with Crippen molar-refractivity contribution in [3.8, 4) is 5.75 Å². The molecular formula is C19H21BrF3N3O2. The topological polar surface area (TPSA) is 67.2 Å². The first-order chi connectivity index (χ1) is 13.0. The lowest BCUT2D eigenvalue weighted by atomic mass is 9.99. The van der Waals surface area contributed by atoms with Crippen LogP contribution in [-0.4, -0.2) is 20.8 Å². The molecule has 1 saturated carbocycles. The number of benzene rings is 1. The van der Waals surface area contributed by atoms with E-state index in [4.69, 9.17) is 0 Å². The van der Waals surface area contributed by atoms with Crippen molar-refractivity contribution >= 4 is 27.5 Å². The van der Waals surface area contributed by atoms with E-state index in [1.54, 1.807) is 19.1 Å². The molecule has 0 unspecified atom stereocenters. The third-order valence-corrected chi connectivity index (χ3v) is 5.51. The second-order valence-corrected chi connectivity index (χ2v) is 8.20. The maximum Gasteiger partial charge on any atom is 0.436 e. The molecular weight excluding hydrogens is 439 g/mol. The van der Waals surface area contributed by atoms with Gasteiger partial charge in [-0.2, -0.15) is 18.3 Å². The van der Waals surface area contributed by atoms with Gasteiger partial charge in [0.2, 0.25) is 5.91 Å². The Hall–Kier alpha value is -2.03. The highest BCUT2D eigenvalue weighted by molar-refractivity contribution is 9.10. The van der Waals surface area contributed by atoms with Gasteiger partial charge in [-0.3, -0.25) is 9.48 Å². The van der Waals surface area contributed by atoms with Gasteiger partial charge in [-0.25, -0.2) is 0 Å². The molecule has 9 heteroatoms. The number of amides is 1. The van der Waals surface area contributed by atoms with E-state index in [1.807, 2.05) is 13.8 Å². The van der Waals surface area contributed by atoms with E-state index < -0.39 is 17.8 Å². The van der Waals surface area contributed by atoms with Crippen molar-refractivity contribution in [1.29, 1.82) is 0 Å². The predicted octanol–water partition coefficient (Wildman–Crippen LogP) is 5.32. The molecule has 0 radical (unpaired) electrons. The standard InChI is InChI=1S/C19H21BrF3N3O2/c1-9(2)12-7-13(10(3)6-14(12)27)24-15(28)8-26-17(11-4-5-11)16(20)18(25-26)19(21,22)23/h6-7,9,11,27H,4-5,8H2,1-3H3,(H,24,28). The minimum absolute atomic E-state index is 0.0197. The van der Waals surface area contributed by atoms with Gasteiger partial charge in [0.05, 0.1) is 10.2 Å². The number of hydrogen-bond donors (Lipinski definition) is 2. The summed E-state index contributed by atoms with van der Waals surface area (Å²) in [5.74, 6) is -0.302. The van der Waals surface area contributed by atoms with E-state index >= 15 is 0 Å². The number of rotatable bonds is 5. The van der Waals surface area contributed by atoms with Gasteiger partial charge in [0.1, 0.15) is 12.3 Å². The SMILES string of the molecule is Cc1cc(O)c(C(C)C)cc1NC(=O)Cn1nc(C(F)(F)F)c(Br)c1C1CC1. The molecule has 152 valence electrons. The van der Waals surface area contributed by atoms with Crippen LogP contribution in [0.15, 0.2) is 16.6 Å². The Kier molecular flexibility index (Phi) is 5.49. The lowest BCUT2D eigenvalue weighted by molar-refractivity contribution is -0.142. The first kappa shape index (κ1) is 20.7. The second kappa shape index (κ2) is 7.42.